The second-order valence-electron chi connectivity index (χ2n) is 7.52. The van der Waals surface area contributed by atoms with Gasteiger partial charge in [0.1, 0.15) is 23.0 Å². The van der Waals surface area contributed by atoms with Crippen molar-refractivity contribution in [2.24, 2.45) is 10.7 Å². The lowest BCUT2D eigenvalue weighted by molar-refractivity contribution is 0.0981. The number of fused-ring (bicyclic) bond motifs is 2. The first-order valence-corrected chi connectivity index (χ1v) is 10.7. The van der Waals surface area contributed by atoms with Crippen LogP contribution in [0.3, 0.4) is 0 Å². The van der Waals surface area contributed by atoms with Crippen LogP contribution in [0, 0.1) is 0 Å². The zero-order valence-corrected chi connectivity index (χ0v) is 17.6. The monoisotopic (exact) mass is 435 g/mol. The molecule has 2 atom stereocenters. The molecule has 1 amide bonds. The van der Waals surface area contributed by atoms with Gasteiger partial charge in [0.05, 0.1) is 0 Å². The first-order valence-electron chi connectivity index (χ1n) is 9.94. The summed E-state index contributed by atoms with van der Waals surface area (Å²) >= 11 is 1.18. The number of anilines is 3. The average molecular weight is 436 g/mol. The molecule has 0 saturated heterocycles. The Hall–Kier alpha value is -3.43. The van der Waals surface area contributed by atoms with Crippen LogP contribution in [-0.2, 0) is 6.42 Å². The van der Waals surface area contributed by atoms with Gasteiger partial charge in [0.25, 0.3) is 5.91 Å². The third-order valence-corrected chi connectivity index (χ3v) is 6.14. The number of nitrogens with zero attached hydrogens (tertiary/aromatic N) is 3. The molecule has 3 aromatic rings. The topological polar surface area (TPSA) is 113 Å². The predicted molar refractivity (Wildman–Crippen MR) is 120 cm³/mol. The van der Waals surface area contributed by atoms with Crippen molar-refractivity contribution in [2.75, 3.05) is 16.8 Å². The average Bonchev–Trinajstić information content (AvgIpc) is 3.33. The lowest BCUT2D eigenvalue weighted by Gasteiger charge is -2.23. The largest absolute Gasteiger partial charge is 0.448 e. The normalized spacial score (nSPS) is 19.3. The number of ether oxygens (including phenoxy) is 1. The SMILES string of the molecule is CC1Cc2ccccc2N1C(=O)c1cccc(Nc2snc3c2C(N)=NC(CO)O3)c1. The third-order valence-electron chi connectivity index (χ3n) is 5.40. The minimum atomic E-state index is -0.742. The minimum absolute atomic E-state index is 0.0392. The van der Waals surface area contributed by atoms with E-state index in [1.807, 2.05) is 47.4 Å². The van der Waals surface area contributed by atoms with Gasteiger partial charge in [-0.1, -0.05) is 24.3 Å². The van der Waals surface area contributed by atoms with Gasteiger partial charge in [-0.15, -0.1) is 0 Å². The number of aliphatic hydroxyl groups is 1. The van der Waals surface area contributed by atoms with Crippen LogP contribution < -0.4 is 20.7 Å². The molecule has 3 heterocycles. The quantitative estimate of drug-likeness (QED) is 0.581. The number of aliphatic imine (C=N–C) groups is 1. The molecule has 1 aromatic heterocycles. The maximum Gasteiger partial charge on any atom is 0.258 e. The Balaban J connectivity index is 1.41. The van der Waals surface area contributed by atoms with Gasteiger partial charge < -0.3 is 25.8 Å². The van der Waals surface area contributed by atoms with Crippen LogP contribution in [0.4, 0.5) is 16.4 Å². The smallest absolute Gasteiger partial charge is 0.258 e. The molecule has 31 heavy (non-hydrogen) atoms. The molecule has 0 fully saturated rings. The Labute approximate surface area is 183 Å². The Bertz CT molecular complexity index is 1190. The van der Waals surface area contributed by atoms with E-state index in [-0.39, 0.29) is 24.4 Å². The van der Waals surface area contributed by atoms with Crippen molar-refractivity contribution in [1.29, 1.82) is 0 Å². The van der Waals surface area contributed by atoms with Gasteiger partial charge in [0, 0.05) is 23.0 Å². The lowest BCUT2D eigenvalue weighted by Crippen LogP contribution is -2.35. The van der Waals surface area contributed by atoms with Crippen molar-refractivity contribution < 1.29 is 14.6 Å². The molecule has 0 aliphatic carbocycles. The summed E-state index contributed by atoms with van der Waals surface area (Å²) < 4.78 is 9.79. The highest BCUT2D eigenvalue weighted by atomic mass is 32.1. The molecule has 0 saturated carbocycles. The summed E-state index contributed by atoms with van der Waals surface area (Å²) in [6, 6.07) is 15.5. The Kier molecular flexibility index (Phi) is 4.84. The highest BCUT2D eigenvalue weighted by molar-refractivity contribution is 7.11. The number of benzene rings is 2. The zero-order valence-electron chi connectivity index (χ0n) is 16.8. The van der Waals surface area contributed by atoms with Crippen LogP contribution in [0.1, 0.15) is 28.4 Å². The zero-order chi connectivity index (χ0) is 21.5. The molecule has 2 aliphatic heterocycles. The number of para-hydroxylation sites is 1. The fraction of sp³-hybridized carbons (Fsp3) is 0.227. The van der Waals surface area contributed by atoms with E-state index in [0.29, 0.717) is 22.0 Å². The summed E-state index contributed by atoms with van der Waals surface area (Å²) in [5, 5.41) is 13.2. The number of aliphatic hydroxyl groups excluding tert-OH is 1. The Morgan fingerprint density at radius 3 is 3.00 bits per heavy atom. The van der Waals surface area contributed by atoms with E-state index in [2.05, 4.69) is 27.7 Å². The van der Waals surface area contributed by atoms with E-state index in [0.717, 1.165) is 17.8 Å². The number of carbonyl (C=O) groups is 1. The van der Waals surface area contributed by atoms with E-state index in [9.17, 15) is 9.90 Å². The summed E-state index contributed by atoms with van der Waals surface area (Å²) in [5.41, 5.74) is 10.1. The van der Waals surface area contributed by atoms with Gasteiger partial charge in [-0.3, -0.25) is 4.79 Å². The molecule has 8 nitrogen and oxygen atoms in total. The van der Waals surface area contributed by atoms with Gasteiger partial charge in [-0.25, -0.2) is 4.99 Å². The molecule has 2 aliphatic rings. The van der Waals surface area contributed by atoms with Gasteiger partial charge in [0.15, 0.2) is 0 Å². The Morgan fingerprint density at radius 2 is 2.16 bits per heavy atom. The summed E-state index contributed by atoms with van der Waals surface area (Å²) in [4.78, 5) is 19.3. The van der Waals surface area contributed by atoms with Crippen LogP contribution in [-0.4, -0.2) is 40.1 Å². The number of aromatic nitrogens is 1. The molecular weight excluding hydrogens is 414 g/mol. The first-order chi connectivity index (χ1) is 15.0. The van der Waals surface area contributed by atoms with E-state index in [1.54, 1.807) is 0 Å². The van der Waals surface area contributed by atoms with Crippen LogP contribution in [0.15, 0.2) is 53.5 Å². The van der Waals surface area contributed by atoms with Crippen molar-refractivity contribution in [3.63, 3.8) is 0 Å². The minimum Gasteiger partial charge on any atom is -0.448 e. The van der Waals surface area contributed by atoms with Gasteiger partial charge in [0.2, 0.25) is 12.1 Å². The second-order valence-corrected chi connectivity index (χ2v) is 8.30. The fourth-order valence-electron chi connectivity index (χ4n) is 4.00. The van der Waals surface area contributed by atoms with E-state index < -0.39 is 6.23 Å². The molecule has 158 valence electrons. The van der Waals surface area contributed by atoms with Crippen LogP contribution in [0.25, 0.3) is 0 Å². The number of hydrogen-bond acceptors (Lipinski definition) is 8. The molecular formula is C22H21N5O3S. The first kappa shape index (κ1) is 19.5. The highest BCUT2D eigenvalue weighted by Crippen LogP contribution is 2.36. The van der Waals surface area contributed by atoms with Crippen LogP contribution in [0.5, 0.6) is 5.88 Å². The van der Waals surface area contributed by atoms with Crippen molar-refractivity contribution >= 4 is 39.7 Å². The van der Waals surface area contributed by atoms with E-state index in [4.69, 9.17) is 10.5 Å². The number of carbonyl (C=O) groups excluding carboxylic acids is 1. The number of rotatable bonds is 4. The summed E-state index contributed by atoms with van der Waals surface area (Å²) in [6.45, 7) is 1.79. The summed E-state index contributed by atoms with van der Waals surface area (Å²) in [7, 11) is 0. The summed E-state index contributed by atoms with van der Waals surface area (Å²) in [6.07, 6.45) is 0.106. The molecule has 0 spiro atoms. The molecule has 5 rings (SSSR count). The number of amidine groups is 1. The van der Waals surface area contributed by atoms with Crippen molar-refractivity contribution in [2.45, 2.75) is 25.6 Å². The van der Waals surface area contributed by atoms with Gasteiger partial charge in [-0.05, 0) is 54.7 Å². The number of hydrogen-bond donors (Lipinski definition) is 3. The maximum atomic E-state index is 13.3. The standard InChI is InChI=1S/C22H21N5O3S/c1-12-9-13-5-2-3-8-16(13)27(12)22(29)14-6-4-7-15(10-14)24-21-18-19(23)25-17(11-28)30-20(18)26-31-21/h2-8,10,12,17,24,28H,9,11H2,1H3,(H2,23,25). The number of nitrogens with one attached hydrogen (secondary N) is 1. The Morgan fingerprint density at radius 1 is 1.32 bits per heavy atom. The molecule has 2 aromatic carbocycles. The second kappa shape index (κ2) is 7.68. The molecule has 4 N–H and O–H groups in total. The van der Waals surface area contributed by atoms with E-state index >= 15 is 0 Å². The number of nitrogens with two attached hydrogens (primary N) is 1. The van der Waals surface area contributed by atoms with Crippen molar-refractivity contribution in [1.82, 2.24) is 4.37 Å². The van der Waals surface area contributed by atoms with Crippen molar-refractivity contribution in [3.8, 4) is 5.88 Å². The van der Waals surface area contributed by atoms with Crippen molar-refractivity contribution in [3.05, 3.63) is 65.2 Å². The van der Waals surface area contributed by atoms with Crippen LogP contribution in [0.2, 0.25) is 0 Å². The molecule has 0 bridgehead atoms. The predicted octanol–water partition coefficient (Wildman–Crippen LogP) is 2.89. The molecule has 0 radical (unpaired) electrons. The highest BCUT2D eigenvalue weighted by Gasteiger charge is 2.31. The summed E-state index contributed by atoms with van der Waals surface area (Å²) in [5.74, 6) is 0.558. The fourth-order valence-corrected chi connectivity index (χ4v) is 4.75. The van der Waals surface area contributed by atoms with Gasteiger partial charge in [-0.2, -0.15) is 4.37 Å². The van der Waals surface area contributed by atoms with Crippen LogP contribution >= 0.6 is 11.5 Å². The van der Waals surface area contributed by atoms with Gasteiger partial charge >= 0.3 is 0 Å². The molecule has 9 heteroatoms. The number of amides is 1. The van der Waals surface area contributed by atoms with E-state index in [1.165, 1.54) is 17.1 Å². The maximum absolute atomic E-state index is 13.3. The third kappa shape index (κ3) is 3.41. The molecule has 2 unspecified atom stereocenters. The lowest BCUT2D eigenvalue weighted by atomic mass is 10.1.